The Balaban J connectivity index is 1.24. The van der Waals surface area contributed by atoms with E-state index in [0.29, 0.717) is 27.9 Å². The van der Waals surface area contributed by atoms with Crippen LogP contribution in [0.5, 0.6) is 11.5 Å². The molecule has 2 saturated heterocycles. The van der Waals surface area contributed by atoms with Crippen LogP contribution in [0.4, 0.5) is 11.4 Å². The Kier molecular flexibility index (Phi) is 6.75. The first kappa shape index (κ1) is 23.7. The third-order valence-corrected chi connectivity index (χ3v) is 6.26. The minimum atomic E-state index is -0.844. The molecule has 10 heteroatoms. The van der Waals surface area contributed by atoms with Crippen molar-refractivity contribution in [3.8, 4) is 11.5 Å². The monoisotopic (exact) mass is 505 g/mol. The number of hydrogen-bond acceptors (Lipinski definition) is 6. The molecule has 3 amide bonds. The number of anilines is 2. The minimum Gasteiger partial charge on any atom is -0.457 e. The summed E-state index contributed by atoms with van der Waals surface area (Å²) in [6.45, 7) is 0. The summed E-state index contributed by atoms with van der Waals surface area (Å²) in [5.41, 5.74) is 1.22. The summed E-state index contributed by atoms with van der Waals surface area (Å²) < 4.78 is 5.77. The standard InChI is InChI=1S/C26H24ClN5O4/c27-15-5-4-6-17(13-15)29-26-31-23-22(25(35)32-26)20(14-21(33)30-23)24(34)28-16-9-11-19(12-10-16)36-18-7-2-1-3-8-18/h1-13,20,22-23,26,29,31H,14H2,(H,28,34)(H,30,33)(H,32,35). The van der Waals surface area contributed by atoms with Crippen molar-refractivity contribution in [2.45, 2.75) is 18.9 Å². The highest BCUT2D eigenvalue weighted by Gasteiger charge is 2.48. The Morgan fingerprint density at radius 3 is 2.39 bits per heavy atom. The van der Waals surface area contributed by atoms with Gasteiger partial charge >= 0.3 is 0 Å². The zero-order valence-corrected chi connectivity index (χ0v) is 19.8. The zero-order valence-electron chi connectivity index (χ0n) is 19.0. The maximum absolute atomic E-state index is 13.1. The van der Waals surface area contributed by atoms with Crippen molar-refractivity contribution in [2.24, 2.45) is 11.8 Å². The smallest absolute Gasteiger partial charge is 0.229 e. The molecule has 184 valence electrons. The van der Waals surface area contributed by atoms with E-state index in [1.165, 1.54) is 0 Å². The van der Waals surface area contributed by atoms with Crippen LogP contribution in [0.25, 0.3) is 0 Å². The summed E-state index contributed by atoms with van der Waals surface area (Å²) >= 11 is 6.03. The second-order valence-electron chi connectivity index (χ2n) is 8.57. The molecule has 2 heterocycles. The molecule has 0 saturated carbocycles. The molecular weight excluding hydrogens is 482 g/mol. The molecule has 3 aromatic carbocycles. The molecule has 4 unspecified atom stereocenters. The minimum absolute atomic E-state index is 0.0936. The van der Waals surface area contributed by atoms with E-state index in [4.69, 9.17) is 16.3 Å². The van der Waals surface area contributed by atoms with Gasteiger partial charge in [0.25, 0.3) is 0 Å². The molecular formula is C26H24ClN5O4. The molecule has 4 atom stereocenters. The third kappa shape index (κ3) is 5.42. The van der Waals surface area contributed by atoms with Gasteiger partial charge in [-0.15, -0.1) is 0 Å². The Labute approximate surface area is 212 Å². The van der Waals surface area contributed by atoms with Gasteiger partial charge in [-0.2, -0.15) is 0 Å². The molecule has 5 rings (SSSR count). The number of piperidine rings is 1. The van der Waals surface area contributed by atoms with Gasteiger partial charge in [0, 0.05) is 22.8 Å². The molecule has 0 spiro atoms. The third-order valence-electron chi connectivity index (χ3n) is 6.02. The summed E-state index contributed by atoms with van der Waals surface area (Å²) in [4.78, 5) is 38.6. The number of para-hydroxylation sites is 1. The van der Waals surface area contributed by atoms with Crippen molar-refractivity contribution in [3.63, 3.8) is 0 Å². The van der Waals surface area contributed by atoms with E-state index in [1.807, 2.05) is 30.3 Å². The van der Waals surface area contributed by atoms with Gasteiger partial charge in [0.2, 0.25) is 17.7 Å². The summed E-state index contributed by atoms with van der Waals surface area (Å²) in [5.74, 6) is -1.37. The normalized spacial score (nSPS) is 23.0. The average Bonchev–Trinajstić information content (AvgIpc) is 2.85. The van der Waals surface area contributed by atoms with E-state index in [1.54, 1.807) is 48.5 Å². The number of amides is 3. The van der Waals surface area contributed by atoms with E-state index in [9.17, 15) is 14.4 Å². The number of carbonyl (C=O) groups is 3. The number of halogens is 1. The predicted octanol–water partition coefficient (Wildman–Crippen LogP) is 3.26. The number of fused-ring (bicyclic) bond motifs is 1. The number of rotatable bonds is 6. The summed E-state index contributed by atoms with van der Waals surface area (Å²) in [6, 6.07) is 23.3. The lowest BCUT2D eigenvalue weighted by atomic mass is 9.81. The molecule has 2 aliphatic rings. The fourth-order valence-electron chi connectivity index (χ4n) is 4.36. The first-order valence-electron chi connectivity index (χ1n) is 11.5. The summed E-state index contributed by atoms with van der Waals surface area (Å²) in [6.07, 6.45) is -1.46. The Hall–Kier alpha value is -4.08. The fourth-order valence-corrected chi connectivity index (χ4v) is 4.55. The van der Waals surface area contributed by atoms with Crippen molar-refractivity contribution < 1.29 is 19.1 Å². The van der Waals surface area contributed by atoms with Crippen molar-refractivity contribution in [2.75, 3.05) is 10.6 Å². The highest BCUT2D eigenvalue weighted by Crippen LogP contribution is 2.29. The lowest BCUT2D eigenvalue weighted by Crippen LogP contribution is -2.72. The van der Waals surface area contributed by atoms with Crippen LogP contribution in [-0.4, -0.2) is 30.2 Å². The molecule has 0 aliphatic carbocycles. The lowest BCUT2D eigenvalue weighted by Gasteiger charge is -2.43. The summed E-state index contributed by atoms with van der Waals surface area (Å²) in [7, 11) is 0. The van der Waals surface area contributed by atoms with Gasteiger partial charge < -0.3 is 26.0 Å². The number of carbonyl (C=O) groups excluding carboxylic acids is 3. The van der Waals surface area contributed by atoms with Crippen LogP contribution >= 0.6 is 11.6 Å². The summed E-state index contributed by atoms with van der Waals surface area (Å²) in [5, 5.41) is 15.2. The number of ether oxygens (including phenoxy) is 1. The van der Waals surface area contributed by atoms with E-state index >= 15 is 0 Å². The van der Waals surface area contributed by atoms with Gasteiger partial charge in [0.1, 0.15) is 11.5 Å². The van der Waals surface area contributed by atoms with Gasteiger partial charge in [-0.3, -0.25) is 19.7 Å². The van der Waals surface area contributed by atoms with Gasteiger partial charge in [-0.1, -0.05) is 35.9 Å². The van der Waals surface area contributed by atoms with Crippen molar-refractivity contribution in [1.82, 2.24) is 16.0 Å². The molecule has 2 fully saturated rings. The zero-order chi connectivity index (χ0) is 25.1. The van der Waals surface area contributed by atoms with Crippen LogP contribution < -0.4 is 31.3 Å². The molecule has 0 aromatic heterocycles. The highest BCUT2D eigenvalue weighted by molar-refractivity contribution is 6.30. The quantitative estimate of drug-likeness (QED) is 0.351. The molecule has 2 aliphatic heterocycles. The Morgan fingerprint density at radius 1 is 0.889 bits per heavy atom. The fraction of sp³-hybridized carbons (Fsp3) is 0.192. The van der Waals surface area contributed by atoms with E-state index < -0.39 is 30.2 Å². The second-order valence-corrected chi connectivity index (χ2v) is 9.01. The second kappa shape index (κ2) is 10.3. The van der Waals surface area contributed by atoms with E-state index in [2.05, 4.69) is 26.6 Å². The molecule has 9 nitrogen and oxygen atoms in total. The molecule has 5 N–H and O–H groups in total. The van der Waals surface area contributed by atoms with Crippen LogP contribution in [0.3, 0.4) is 0 Å². The molecule has 0 radical (unpaired) electrons. The average molecular weight is 506 g/mol. The van der Waals surface area contributed by atoms with Crippen molar-refractivity contribution >= 4 is 40.7 Å². The largest absolute Gasteiger partial charge is 0.457 e. The maximum atomic E-state index is 13.1. The van der Waals surface area contributed by atoms with E-state index in [0.717, 1.165) is 0 Å². The van der Waals surface area contributed by atoms with Gasteiger partial charge in [0.15, 0.2) is 6.29 Å². The number of hydrogen-bond donors (Lipinski definition) is 5. The van der Waals surface area contributed by atoms with Crippen LogP contribution in [0.2, 0.25) is 5.02 Å². The Bertz CT molecular complexity index is 1270. The van der Waals surface area contributed by atoms with Gasteiger partial charge in [-0.25, -0.2) is 0 Å². The SMILES string of the molecule is O=C1CC(C(=O)Nc2ccc(Oc3ccccc3)cc2)C2C(=O)NC(Nc3cccc(Cl)c3)NC2N1. The van der Waals surface area contributed by atoms with E-state index in [-0.39, 0.29) is 18.2 Å². The molecule has 0 bridgehead atoms. The predicted molar refractivity (Wildman–Crippen MR) is 135 cm³/mol. The van der Waals surface area contributed by atoms with Crippen LogP contribution in [-0.2, 0) is 14.4 Å². The van der Waals surface area contributed by atoms with Crippen molar-refractivity contribution in [1.29, 1.82) is 0 Å². The first-order valence-corrected chi connectivity index (χ1v) is 11.8. The highest BCUT2D eigenvalue weighted by atomic mass is 35.5. The molecule has 36 heavy (non-hydrogen) atoms. The first-order chi connectivity index (χ1) is 17.4. The Morgan fingerprint density at radius 2 is 1.64 bits per heavy atom. The lowest BCUT2D eigenvalue weighted by molar-refractivity contribution is -0.144. The maximum Gasteiger partial charge on any atom is 0.229 e. The number of nitrogens with one attached hydrogen (secondary N) is 5. The van der Waals surface area contributed by atoms with Crippen LogP contribution in [0.15, 0.2) is 78.9 Å². The van der Waals surface area contributed by atoms with Gasteiger partial charge in [0.05, 0.1) is 18.0 Å². The topological polar surface area (TPSA) is 121 Å². The molecule has 3 aromatic rings. The van der Waals surface area contributed by atoms with Crippen molar-refractivity contribution in [3.05, 3.63) is 83.9 Å². The van der Waals surface area contributed by atoms with Gasteiger partial charge in [-0.05, 0) is 54.6 Å². The van der Waals surface area contributed by atoms with Crippen LogP contribution in [0.1, 0.15) is 6.42 Å². The number of benzene rings is 3. The van der Waals surface area contributed by atoms with Crippen LogP contribution in [0, 0.1) is 11.8 Å².